The Morgan fingerprint density at radius 1 is 1.06 bits per heavy atom. The molecule has 82 valence electrons. The number of hydrogen-bond acceptors (Lipinski definition) is 2. The van der Waals surface area contributed by atoms with Gasteiger partial charge in [-0.05, 0) is 23.8 Å². The number of hydrogen-bond donors (Lipinski definition) is 2. The molecule has 0 aliphatic heterocycles. The molecule has 0 unspecified atom stereocenters. The molecule has 0 aromatic heterocycles. The number of halogens is 1. The molecule has 2 aromatic rings. The lowest BCUT2D eigenvalue weighted by Gasteiger charge is -2.14. The van der Waals surface area contributed by atoms with Crippen molar-refractivity contribution in [1.82, 2.24) is 0 Å². The van der Waals surface area contributed by atoms with Crippen LogP contribution < -0.4 is 5.73 Å². The first-order valence-electron chi connectivity index (χ1n) is 4.96. The van der Waals surface area contributed by atoms with Crippen molar-refractivity contribution in [3.63, 3.8) is 0 Å². The summed E-state index contributed by atoms with van der Waals surface area (Å²) in [5.74, 6) is 0. The predicted octanol–water partition coefficient (Wildman–Crippen LogP) is 3.00. The Bertz CT molecular complexity index is 485. The van der Waals surface area contributed by atoms with Crippen molar-refractivity contribution in [3.8, 4) is 0 Å². The quantitative estimate of drug-likeness (QED) is 0.784. The highest BCUT2D eigenvalue weighted by Gasteiger charge is 2.13. The lowest BCUT2D eigenvalue weighted by atomic mass is 10.0. The molecule has 0 bridgehead atoms. The molecule has 0 spiro atoms. The highest BCUT2D eigenvalue weighted by molar-refractivity contribution is 6.30. The number of benzene rings is 2. The number of nitrogen functional groups attached to an aromatic ring is 1. The van der Waals surface area contributed by atoms with Gasteiger partial charge in [-0.1, -0.05) is 41.9 Å². The minimum absolute atomic E-state index is 0.542. The van der Waals surface area contributed by atoms with Crippen molar-refractivity contribution in [2.24, 2.45) is 0 Å². The van der Waals surface area contributed by atoms with Gasteiger partial charge in [0, 0.05) is 16.3 Å². The highest BCUT2D eigenvalue weighted by atomic mass is 35.5. The Labute approximate surface area is 99.3 Å². The van der Waals surface area contributed by atoms with Gasteiger partial charge < -0.3 is 10.8 Å². The SMILES string of the molecule is Nc1ccc(Cl)cc1[C@@H](O)c1ccccc1. The number of nitrogens with two attached hydrogens (primary N) is 1. The second-order valence-corrected chi connectivity index (χ2v) is 4.02. The van der Waals surface area contributed by atoms with Gasteiger partial charge in [0.25, 0.3) is 0 Å². The van der Waals surface area contributed by atoms with E-state index >= 15 is 0 Å². The van der Waals surface area contributed by atoms with Crippen molar-refractivity contribution in [2.75, 3.05) is 5.73 Å². The van der Waals surface area contributed by atoms with Gasteiger partial charge in [-0.2, -0.15) is 0 Å². The van der Waals surface area contributed by atoms with Crippen LogP contribution in [0.5, 0.6) is 0 Å². The summed E-state index contributed by atoms with van der Waals surface area (Å²) < 4.78 is 0. The molecule has 0 amide bonds. The van der Waals surface area contributed by atoms with Crippen LogP contribution in [0.15, 0.2) is 48.5 Å². The summed E-state index contributed by atoms with van der Waals surface area (Å²) in [5, 5.41) is 10.7. The molecule has 0 aliphatic rings. The summed E-state index contributed by atoms with van der Waals surface area (Å²) >= 11 is 5.88. The zero-order chi connectivity index (χ0) is 11.5. The van der Waals surface area contributed by atoms with Gasteiger partial charge in [-0.3, -0.25) is 0 Å². The minimum atomic E-state index is -0.736. The average Bonchev–Trinajstić information content (AvgIpc) is 2.32. The van der Waals surface area contributed by atoms with E-state index < -0.39 is 6.10 Å². The molecule has 0 heterocycles. The normalized spacial score (nSPS) is 12.4. The molecule has 2 nitrogen and oxygen atoms in total. The molecule has 0 aliphatic carbocycles. The molecule has 16 heavy (non-hydrogen) atoms. The molecule has 2 rings (SSSR count). The summed E-state index contributed by atoms with van der Waals surface area (Å²) in [7, 11) is 0. The zero-order valence-corrected chi connectivity index (χ0v) is 9.35. The van der Waals surface area contributed by atoms with E-state index in [1.165, 1.54) is 0 Å². The third-order valence-corrected chi connectivity index (χ3v) is 2.69. The third-order valence-electron chi connectivity index (χ3n) is 2.46. The van der Waals surface area contributed by atoms with E-state index in [9.17, 15) is 5.11 Å². The van der Waals surface area contributed by atoms with E-state index in [0.717, 1.165) is 5.56 Å². The third kappa shape index (κ3) is 2.18. The van der Waals surface area contributed by atoms with E-state index in [-0.39, 0.29) is 0 Å². The van der Waals surface area contributed by atoms with E-state index in [0.29, 0.717) is 16.3 Å². The Kier molecular flexibility index (Phi) is 3.13. The van der Waals surface area contributed by atoms with E-state index in [1.54, 1.807) is 18.2 Å². The van der Waals surface area contributed by atoms with Gasteiger partial charge >= 0.3 is 0 Å². The maximum absolute atomic E-state index is 10.2. The van der Waals surface area contributed by atoms with Crippen molar-refractivity contribution in [1.29, 1.82) is 0 Å². The fourth-order valence-electron chi connectivity index (χ4n) is 1.60. The smallest absolute Gasteiger partial charge is 0.106 e. The first-order valence-corrected chi connectivity index (χ1v) is 5.34. The second-order valence-electron chi connectivity index (χ2n) is 3.59. The van der Waals surface area contributed by atoms with Crippen molar-refractivity contribution >= 4 is 17.3 Å². The monoisotopic (exact) mass is 233 g/mol. The van der Waals surface area contributed by atoms with Gasteiger partial charge in [-0.25, -0.2) is 0 Å². The summed E-state index contributed by atoms with van der Waals surface area (Å²) in [6.07, 6.45) is -0.736. The van der Waals surface area contributed by atoms with Crippen LogP contribution in [-0.2, 0) is 0 Å². The van der Waals surface area contributed by atoms with Gasteiger partial charge in [0.05, 0.1) is 0 Å². The van der Waals surface area contributed by atoms with E-state index in [2.05, 4.69) is 0 Å². The standard InChI is InChI=1S/C13H12ClNO/c14-10-6-7-12(15)11(8-10)13(16)9-4-2-1-3-5-9/h1-8,13,16H,15H2/t13-/m0/s1. The second kappa shape index (κ2) is 4.56. The maximum Gasteiger partial charge on any atom is 0.106 e. The van der Waals surface area contributed by atoms with Crippen molar-refractivity contribution in [3.05, 3.63) is 64.7 Å². The number of anilines is 1. The molecule has 0 saturated heterocycles. The van der Waals surface area contributed by atoms with Crippen LogP contribution in [0.4, 0.5) is 5.69 Å². The summed E-state index contributed by atoms with van der Waals surface area (Å²) in [6, 6.07) is 14.4. The van der Waals surface area contributed by atoms with Crippen molar-refractivity contribution < 1.29 is 5.11 Å². The Morgan fingerprint density at radius 2 is 1.75 bits per heavy atom. The van der Waals surface area contributed by atoms with Crippen LogP contribution in [0, 0.1) is 0 Å². The number of aliphatic hydroxyl groups is 1. The van der Waals surface area contributed by atoms with Gasteiger partial charge in [0.1, 0.15) is 6.10 Å². The Hall–Kier alpha value is -1.51. The molecule has 1 atom stereocenters. The van der Waals surface area contributed by atoms with Crippen LogP contribution in [0.25, 0.3) is 0 Å². The fraction of sp³-hybridized carbons (Fsp3) is 0.0769. The number of rotatable bonds is 2. The molecule has 3 N–H and O–H groups in total. The first-order chi connectivity index (χ1) is 7.68. The lowest BCUT2D eigenvalue weighted by Crippen LogP contribution is -2.03. The van der Waals surface area contributed by atoms with Crippen LogP contribution >= 0.6 is 11.6 Å². The highest BCUT2D eigenvalue weighted by Crippen LogP contribution is 2.28. The summed E-state index contributed by atoms with van der Waals surface area (Å²) in [5.41, 5.74) is 7.79. The molecular formula is C13H12ClNO. The molecule has 0 fully saturated rings. The van der Waals surface area contributed by atoms with E-state index in [1.807, 2.05) is 30.3 Å². The van der Waals surface area contributed by atoms with E-state index in [4.69, 9.17) is 17.3 Å². The topological polar surface area (TPSA) is 46.2 Å². The van der Waals surface area contributed by atoms with Crippen LogP contribution in [-0.4, -0.2) is 5.11 Å². The molecule has 3 heteroatoms. The lowest BCUT2D eigenvalue weighted by molar-refractivity contribution is 0.221. The van der Waals surface area contributed by atoms with Crippen LogP contribution in [0.2, 0.25) is 5.02 Å². The van der Waals surface area contributed by atoms with Crippen molar-refractivity contribution in [2.45, 2.75) is 6.10 Å². The molecule has 0 saturated carbocycles. The zero-order valence-electron chi connectivity index (χ0n) is 8.60. The van der Waals surface area contributed by atoms with Gasteiger partial charge in [0.15, 0.2) is 0 Å². The summed E-state index contributed by atoms with van der Waals surface area (Å²) in [4.78, 5) is 0. The average molecular weight is 234 g/mol. The van der Waals surface area contributed by atoms with Crippen LogP contribution in [0.1, 0.15) is 17.2 Å². The fourth-order valence-corrected chi connectivity index (χ4v) is 1.78. The molecular weight excluding hydrogens is 222 g/mol. The maximum atomic E-state index is 10.2. The Balaban J connectivity index is 2.41. The van der Waals surface area contributed by atoms with Gasteiger partial charge in [0.2, 0.25) is 0 Å². The molecule has 2 aromatic carbocycles. The largest absolute Gasteiger partial charge is 0.398 e. The molecule has 0 radical (unpaired) electrons. The first kappa shape index (κ1) is 11.0. The van der Waals surface area contributed by atoms with Crippen LogP contribution in [0.3, 0.4) is 0 Å². The predicted molar refractivity (Wildman–Crippen MR) is 66.4 cm³/mol. The number of aliphatic hydroxyl groups excluding tert-OH is 1. The Morgan fingerprint density at radius 3 is 2.44 bits per heavy atom. The minimum Gasteiger partial charge on any atom is -0.398 e. The van der Waals surface area contributed by atoms with Gasteiger partial charge in [-0.15, -0.1) is 0 Å². The summed E-state index contributed by atoms with van der Waals surface area (Å²) in [6.45, 7) is 0.